The maximum absolute atomic E-state index is 2.44. The van der Waals surface area contributed by atoms with Crippen molar-refractivity contribution in [2.24, 2.45) is 5.92 Å². The molecule has 0 fully saturated rings. The highest BCUT2D eigenvalue weighted by Gasteiger charge is 2.23. The average Bonchev–Trinajstić information content (AvgIpc) is 2.97. The zero-order valence-electron chi connectivity index (χ0n) is 12.3. The van der Waals surface area contributed by atoms with Crippen LogP contribution >= 0.6 is 0 Å². The van der Waals surface area contributed by atoms with E-state index in [4.69, 9.17) is 0 Å². The fourth-order valence-electron chi connectivity index (χ4n) is 4.40. The van der Waals surface area contributed by atoms with Crippen molar-refractivity contribution in [1.29, 1.82) is 0 Å². The standard InChI is InChI=1S/C21H18/c1-13-6-7-15-12-20-17-5-3-2-4-14(17)8-9-18(20)19-11-10-16(13)21(15)19/h2-8,12-13H,9-11H2,1H3. The first-order valence-electron chi connectivity index (χ1n) is 7.98. The summed E-state index contributed by atoms with van der Waals surface area (Å²) in [6.07, 6.45) is 10.7. The summed E-state index contributed by atoms with van der Waals surface area (Å²) < 4.78 is 0. The molecule has 0 heterocycles. The number of allylic oxidation sites excluding steroid dienone is 1. The topological polar surface area (TPSA) is 0 Å². The first kappa shape index (κ1) is 11.6. The first-order valence-corrected chi connectivity index (χ1v) is 7.98. The maximum atomic E-state index is 2.44. The molecule has 0 N–H and O–H groups in total. The molecule has 0 saturated heterocycles. The number of rotatable bonds is 0. The monoisotopic (exact) mass is 270 g/mol. The van der Waals surface area contributed by atoms with Gasteiger partial charge in [-0.3, -0.25) is 0 Å². The molecule has 21 heavy (non-hydrogen) atoms. The van der Waals surface area contributed by atoms with E-state index in [-0.39, 0.29) is 0 Å². The number of hydrogen-bond donors (Lipinski definition) is 0. The van der Waals surface area contributed by atoms with Crippen LogP contribution in [0.25, 0.3) is 17.7 Å². The van der Waals surface area contributed by atoms with Crippen molar-refractivity contribution in [1.82, 2.24) is 0 Å². The number of hydrogen-bond acceptors (Lipinski definition) is 0. The lowest BCUT2D eigenvalue weighted by Crippen LogP contribution is -2.21. The molecule has 102 valence electrons. The van der Waals surface area contributed by atoms with Gasteiger partial charge in [0.2, 0.25) is 0 Å². The molecule has 3 aliphatic rings. The summed E-state index contributed by atoms with van der Waals surface area (Å²) in [5.41, 5.74) is 6.35. The Bertz CT molecular complexity index is 1020. The van der Waals surface area contributed by atoms with Crippen molar-refractivity contribution in [3.05, 3.63) is 74.0 Å². The van der Waals surface area contributed by atoms with Gasteiger partial charge in [-0.1, -0.05) is 55.0 Å². The lowest BCUT2D eigenvalue weighted by atomic mass is 9.88. The van der Waals surface area contributed by atoms with Gasteiger partial charge in [0.05, 0.1) is 0 Å². The first-order chi connectivity index (χ1) is 10.3. The summed E-state index contributed by atoms with van der Waals surface area (Å²) in [7, 11) is 0. The largest absolute Gasteiger partial charge is 0.0770 e. The molecule has 0 aromatic heterocycles. The van der Waals surface area contributed by atoms with E-state index in [0.29, 0.717) is 5.92 Å². The van der Waals surface area contributed by atoms with Gasteiger partial charge in [-0.2, -0.15) is 0 Å². The summed E-state index contributed by atoms with van der Waals surface area (Å²) in [5.74, 6) is 0.622. The van der Waals surface area contributed by atoms with Crippen molar-refractivity contribution >= 4 is 17.7 Å². The Balaban J connectivity index is 2.06. The van der Waals surface area contributed by atoms with E-state index in [2.05, 4.69) is 55.5 Å². The van der Waals surface area contributed by atoms with Crippen LogP contribution in [0.3, 0.4) is 0 Å². The van der Waals surface area contributed by atoms with Crippen LogP contribution in [0, 0.1) is 16.4 Å². The van der Waals surface area contributed by atoms with Gasteiger partial charge in [0.1, 0.15) is 0 Å². The van der Waals surface area contributed by atoms with E-state index >= 15 is 0 Å². The molecule has 2 aromatic carbocycles. The summed E-state index contributed by atoms with van der Waals surface area (Å²) in [6, 6.07) is 11.3. The maximum Gasteiger partial charge on any atom is -0.00389 e. The molecule has 0 saturated carbocycles. The second kappa shape index (κ2) is 3.98. The van der Waals surface area contributed by atoms with Crippen LogP contribution in [0.15, 0.2) is 36.4 Å². The zero-order valence-corrected chi connectivity index (χ0v) is 12.3. The fourth-order valence-corrected chi connectivity index (χ4v) is 4.40. The predicted molar refractivity (Wildman–Crippen MR) is 87.9 cm³/mol. The molecule has 5 rings (SSSR count). The molecule has 0 aliphatic heterocycles. The lowest BCUT2D eigenvalue weighted by Gasteiger charge is -2.16. The van der Waals surface area contributed by atoms with Crippen LogP contribution in [0.2, 0.25) is 0 Å². The molecule has 0 radical (unpaired) electrons. The molecular weight excluding hydrogens is 252 g/mol. The minimum Gasteiger partial charge on any atom is -0.0770 e. The van der Waals surface area contributed by atoms with Crippen molar-refractivity contribution in [2.75, 3.05) is 0 Å². The van der Waals surface area contributed by atoms with E-state index in [1.807, 2.05) is 0 Å². The normalized spacial score (nSPS) is 20.6. The van der Waals surface area contributed by atoms with E-state index < -0.39 is 0 Å². The molecule has 0 amide bonds. The summed E-state index contributed by atoms with van der Waals surface area (Å²) >= 11 is 0. The van der Waals surface area contributed by atoms with Crippen molar-refractivity contribution in [3.63, 3.8) is 0 Å². The van der Waals surface area contributed by atoms with Crippen molar-refractivity contribution in [2.45, 2.75) is 26.2 Å². The summed E-state index contributed by atoms with van der Waals surface area (Å²) in [5, 5.41) is 5.88. The van der Waals surface area contributed by atoms with Crippen LogP contribution in [0.4, 0.5) is 0 Å². The fraction of sp³-hybridized carbons (Fsp3) is 0.238. The van der Waals surface area contributed by atoms with Crippen LogP contribution < -0.4 is 10.4 Å². The molecule has 0 heteroatoms. The second-order valence-corrected chi connectivity index (χ2v) is 6.51. The van der Waals surface area contributed by atoms with E-state index in [9.17, 15) is 0 Å². The van der Waals surface area contributed by atoms with Crippen LogP contribution in [0.5, 0.6) is 0 Å². The highest BCUT2D eigenvalue weighted by molar-refractivity contribution is 5.71. The Kier molecular flexibility index (Phi) is 2.19. The van der Waals surface area contributed by atoms with Gasteiger partial charge in [-0.15, -0.1) is 0 Å². The summed E-state index contributed by atoms with van der Waals surface area (Å²) in [4.78, 5) is 0. The third-order valence-electron chi connectivity index (χ3n) is 5.44. The quantitative estimate of drug-likeness (QED) is 0.690. The van der Waals surface area contributed by atoms with Gasteiger partial charge in [-0.05, 0) is 68.8 Å². The third-order valence-corrected chi connectivity index (χ3v) is 5.44. The Labute approximate surface area is 124 Å². The van der Waals surface area contributed by atoms with Gasteiger partial charge in [-0.25, -0.2) is 0 Å². The predicted octanol–water partition coefficient (Wildman–Crippen LogP) is 3.07. The second-order valence-electron chi connectivity index (χ2n) is 6.51. The smallest absolute Gasteiger partial charge is 0.00389 e. The Hall–Kier alpha value is -2.08. The molecule has 1 unspecified atom stereocenters. The van der Waals surface area contributed by atoms with E-state index in [1.165, 1.54) is 34.1 Å². The van der Waals surface area contributed by atoms with Gasteiger partial charge in [0.15, 0.2) is 0 Å². The Morgan fingerprint density at radius 2 is 1.90 bits per heavy atom. The number of fused-ring (bicyclic) bond motifs is 3. The molecule has 0 bridgehead atoms. The molecule has 3 aliphatic carbocycles. The SMILES string of the molecule is CC1C=Cc2cc3c(c4c2=C1CC4)CC=c1ccccc1=3. The van der Waals surface area contributed by atoms with E-state index in [1.54, 1.807) is 21.9 Å². The van der Waals surface area contributed by atoms with Gasteiger partial charge in [0.25, 0.3) is 0 Å². The van der Waals surface area contributed by atoms with E-state index in [0.717, 1.165) is 6.42 Å². The molecular formula is C21H18. The van der Waals surface area contributed by atoms with Crippen molar-refractivity contribution in [3.8, 4) is 0 Å². The highest BCUT2D eigenvalue weighted by atomic mass is 14.3. The minimum atomic E-state index is 0.622. The molecule has 0 nitrogen and oxygen atoms in total. The lowest BCUT2D eigenvalue weighted by molar-refractivity contribution is 0.895. The van der Waals surface area contributed by atoms with Crippen LogP contribution in [-0.4, -0.2) is 0 Å². The van der Waals surface area contributed by atoms with Gasteiger partial charge >= 0.3 is 0 Å². The zero-order chi connectivity index (χ0) is 14.0. The van der Waals surface area contributed by atoms with Crippen LogP contribution in [-0.2, 0) is 12.8 Å². The minimum absolute atomic E-state index is 0.622. The Morgan fingerprint density at radius 3 is 2.86 bits per heavy atom. The average molecular weight is 270 g/mol. The number of benzene rings is 2. The summed E-state index contributed by atoms with van der Waals surface area (Å²) in [6.45, 7) is 2.34. The van der Waals surface area contributed by atoms with Gasteiger partial charge in [0, 0.05) is 0 Å². The highest BCUT2D eigenvalue weighted by Crippen LogP contribution is 2.31. The van der Waals surface area contributed by atoms with Crippen LogP contribution in [0.1, 0.15) is 30.0 Å². The van der Waals surface area contributed by atoms with Gasteiger partial charge < -0.3 is 0 Å². The molecule has 1 atom stereocenters. The third kappa shape index (κ3) is 1.45. The Morgan fingerprint density at radius 1 is 1.00 bits per heavy atom. The van der Waals surface area contributed by atoms with Crippen molar-refractivity contribution < 1.29 is 0 Å². The molecule has 2 aromatic rings. The molecule has 0 spiro atoms.